The van der Waals surface area contributed by atoms with Crippen LogP contribution in [-0.2, 0) is 9.59 Å². The highest BCUT2D eigenvalue weighted by Crippen LogP contribution is 2.28. The van der Waals surface area contributed by atoms with Crippen LogP contribution in [0.4, 0.5) is 10.5 Å². The fraction of sp³-hybridized carbons (Fsp3) is 0.105. The van der Waals surface area contributed by atoms with E-state index in [0.29, 0.717) is 22.7 Å². The van der Waals surface area contributed by atoms with Crippen LogP contribution >= 0.6 is 15.9 Å². The quantitative estimate of drug-likeness (QED) is 0.594. The molecule has 8 heteroatoms. The van der Waals surface area contributed by atoms with Gasteiger partial charge in [-0.05, 0) is 48.5 Å². The Balaban J connectivity index is 2.05. The van der Waals surface area contributed by atoms with Crippen LogP contribution in [0.15, 0.2) is 52.5 Å². The normalized spacial score (nSPS) is 15.7. The number of anilines is 1. The number of carbonyl (C=O) groups is 3. The molecule has 2 aromatic rings. The van der Waals surface area contributed by atoms with Gasteiger partial charge in [0.25, 0.3) is 11.8 Å². The summed E-state index contributed by atoms with van der Waals surface area (Å²) in [7, 11) is 2.98. The van der Waals surface area contributed by atoms with Crippen LogP contribution in [0.3, 0.4) is 0 Å². The topological polar surface area (TPSA) is 84.9 Å². The van der Waals surface area contributed by atoms with Gasteiger partial charge in [0.2, 0.25) is 0 Å². The smallest absolute Gasteiger partial charge is 0.335 e. The van der Waals surface area contributed by atoms with Gasteiger partial charge in [-0.3, -0.25) is 14.9 Å². The molecule has 4 amide bonds. The number of rotatable bonds is 4. The van der Waals surface area contributed by atoms with Crippen molar-refractivity contribution >= 4 is 45.5 Å². The lowest BCUT2D eigenvalue weighted by atomic mass is 10.1. The number of hydrogen-bond donors (Lipinski definition) is 1. The fourth-order valence-electron chi connectivity index (χ4n) is 2.59. The van der Waals surface area contributed by atoms with Crippen LogP contribution in [0, 0.1) is 0 Å². The summed E-state index contributed by atoms with van der Waals surface area (Å²) in [6, 6.07) is 10.8. The molecule has 0 atom stereocenters. The first kappa shape index (κ1) is 18.7. The van der Waals surface area contributed by atoms with E-state index in [-0.39, 0.29) is 5.57 Å². The number of imide groups is 2. The van der Waals surface area contributed by atoms with Crippen LogP contribution in [-0.4, -0.2) is 32.1 Å². The van der Waals surface area contributed by atoms with Crippen LogP contribution < -0.4 is 19.7 Å². The third-order valence-electron chi connectivity index (χ3n) is 3.92. The molecule has 138 valence electrons. The lowest BCUT2D eigenvalue weighted by molar-refractivity contribution is -0.122. The Bertz CT molecular complexity index is 953. The van der Waals surface area contributed by atoms with E-state index in [1.54, 1.807) is 42.5 Å². The van der Waals surface area contributed by atoms with E-state index >= 15 is 0 Å². The number of barbiturate groups is 1. The molecular weight excluding hydrogens is 416 g/mol. The summed E-state index contributed by atoms with van der Waals surface area (Å²) in [6.45, 7) is 0. The molecule has 1 saturated heterocycles. The van der Waals surface area contributed by atoms with Crippen molar-refractivity contribution in [2.45, 2.75) is 0 Å². The van der Waals surface area contributed by atoms with Gasteiger partial charge < -0.3 is 9.47 Å². The Morgan fingerprint density at radius 2 is 1.70 bits per heavy atom. The second-order valence-corrected chi connectivity index (χ2v) is 6.46. The first-order valence-corrected chi connectivity index (χ1v) is 8.63. The molecule has 27 heavy (non-hydrogen) atoms. The van der Waals surface area contributed by atoms with Gasteiger partial charge in [-0.1, -0.05) is 15.9 Å². The average molecular weight is 431 g/mol. The Morgan fingerprint density at radius 1 is 1.00 bits per heavy atom. The average Bonchev–Trinajstić information content (AvgIpc) is 2.66. The minimum absolute atomic E-state index is 0.191. The molecule has 1 aliphatic rings. The van der Waals surface area contributed by atoms with Gasteiger partial charge in [0.15, 0.2) is 0 Å². The molecule has 3 rings (SSSR count). The zero-order valence-electron chi connectivity index (χ0n) is 14.5. The van der Waals surface area contributed by atoms with Crippen molar-refractivity contribution in [3.05, 3.63) is 58.1 Å². The van der Waals surface area contributed by atoms with Crippen molar-refractivity contribution in [3.8, 4) is 11.5 Å². The highest BCUT2D eigenvalue weighted by Gasteiger charge is 2.36. The van der Waals surface area contributed by atoms with Gasteiger partial charge in [0.05, 0.1) is 19.9 Å². The van der Waals surface area contributed by atoms with Crippen LogP contribution in [0.5, 0.6) is 11.5 Å². The number of carbonyl (C=O) groups excluding carboxylic acids is 3. The standard InChI is InChI=1S/C19H15BrN2O5/c1-26-14-7-8-16(27-2)11(9-14)10-15-17(23)21-19(25)22(18(15)24)13-5-3-12(20)4-6-13/h3-10H,1-2H3,(H,21,23,25)/b15-10+. The van der Waals surface area contributed by atoms with Crippen molar-refractivity contribution in [1.29, 1.82) is 0 Å². The predicted molar refractivity (Wildman–Crippen MR) is 103 cm³/mol. The first-order chi connectivity index (χ1) is 12.9. The molecule has 0 aliphatic carbocycles. The van der Waals surface area contributed by atoms with Gasteiger partial charge in [-0.15, -0.1) is 0 Å². The summed E-state index contributed by atoms with van der Waals surface area (Å²) in [5, 5.41) is 2.18. The Hall–Kier alpha value is -3.13. The van der Waals surface area contributed by atoms with Gasteiger partial charge in [-0.25, -0.2) is 9.69 Å². The third kappa shape index (κ3) is 3.70. The molecule has 1 fully saturated rings. The number of halogens is 1. The molecule has 0 spiro atoms. The molecule has 2 aromatic carbocycles. The molecule has 0 saturated carbocycles. The molecular formula is C19H15BrN2O5. The number of hydrogen-bond acceptors (Lipinski definition) is 5. The zero-order valence-corrected chi connectivity index (χ0v) is 16.1. The van der Waals surface area contributed by atoms with Crippen LogP contribution in [0.1, 0.15) is 5.56 Å². The number of benzene rings is 2. The maximum Gasteiger partial charge on any atom is 0.335 e. The number of ether oxygens (including phenoxy) is 2. The third-order valence-corrected chi connectivity index (χ3v) is 4.45. The second-order valence-electron chi connectivity index (χ2n) is 5.54. The Morgan fingerprint density at radius 3 is 2.33 bits per heavy atom. The van der Waals surface area contributed by atoms with Gasteiger partial charge in [-0.2, -0.15) is 0 Å². The van der Waals surface area contributed by atoms with E-state index in [1.165, 1.54) is 20.3 Å². The minimum atomic E-state index is -0.804. The molecule has 1 heterocycles. The van der Waals surface area contributed by atoms with Crippen molar-refractivity contribution in [3.63, 3.8) is 0 Å². The molecule has 7 nitrogen and oxygen atoms in total. The summed E-state index contributed by atoms with van der Waals surface area (Å²) in [5.41, 5.74) is 0.626. The molecule has 0 unspecified atom stereocenters. The summed E-state index contributed by atoms with van der Waals surface area (Å²) < 4.78 is 11.2. The van der Waals surface area contributed by atoms with E-state index in [0.717, 1.165) is 9.37 Å². The summed E-state index contributed by atoms with van der Waals surface area (Å²) in [4.78, 5) is 38.3. The van der Waals surface area contributed by atoms with Crippen LogP contribution in [0.2, 0.25) is 0 Å². The molecule has 1 N–H and O–H groups in total. The number of methoxy groups -OCH3 is 2. The number of nitrogens with one attached hydrogen (secondary N) is 1. The van der Waals surface area contributed by atoms with E-state index in [1.807, 2.05) is 0 Å². The van der Waals surface area contributed by atoms with Crippen molar-refractivity contribution in [1.82, 2.24) is 5.32 Å². The first-order valence-electron chi connectivity index (χ1n) is 7.83. The lowest BCUT2D eigenvalue weighted by Gasteiger charge is -2.26. The number of urea groups is 1. The molecule has 0 radical (unpaired) electrons. The van der Waals surface area contributed by atoms with Crippen molar-refractivity contribution in [2.24, 2.45) is 0 Å². The van der Waals surface area contributed by atoms with Crippen molar-refractivity contribution in [2.75, 3.05) is 19.1 Å². The number of nitrogens with zero attached hydrogens (tertiary/aromatic N) is 1. The van der Waals surface area contributed by atoms with Gasteiger partial charge in [0.1, 0.15) is 17.1 Å². The fourth-order valence-corrected chi connectivity index (χ4v) is 2.85. The lowest BCUT2D eigenvalue weighted by Crippen LogP contribution is -2.54. The number of amides is 4. The molecule has 1 aliphatic heterocycles. The van der Waals surface area contributed by atoms with E-state index in [2.05, 4.69) is 21.2 Å². The zero-order chi connectivity index (χ0) is 19.6. The highest BCUT2D eigenvalue weighted by molar-refractivity contribution is 9.10. The van der Waals surface area contributed by atoms with Gasteiger partial charge in [0, 0.05) is 10.0 Å². The Kier molecular flexibility index (Phi) is 5.27. The Labute approximate surface area is 163 Å². The summed E-state index contributed by atoms with van der Waals surface area (Å²) >= 11 is 3.30. The largest absolute Gasteiger partial charge is 0.497 e. The maximum absolute atomic E-state index is 12.9. The summed E-state index contributed by atoms with van der Waals surface area (Å²) in [6.07, 6.45) is 1.37. The monoisotopic (exact) mass is 430 g/mol. The van der Waals surface area contributed by atoms with E-state index in [9.17, 15) is 14.4 Å². The van der Waals surface area contributed by atoms with Crippen molar-refractivity contribution < 1.29 is 23.9 Å². The molecule has 0 bridgehead atoms. The summed E-state index contributed by atoms with van der Waals surface area (Å²) in [5.74, 6) is -0.512. The molecule has 0 aromatic heterocycles. The minimum Gasteiger partial charge on any atom is -0.497 e. The van der Waals surface area contributed by atoms with Gasteiger partial charge >= 0.3 is 6.03 Å². The SMILES string of the molecule is COc1ccc(OC)c(/C=C2\C(=O)NC(=O)N(c3ccc(Br)cc3)C2=O)c1. The van der Waals surface area contributed by atoms with Crippen LogP contribution in [0.25, 0.3) is 6.08 Å². The second kappa shape index (κ2) is 7.63. The van der Waals surface area contributed by atoms with E-state index in [4.69, 9.17) is 9.47 Å². The maximum atomic E-state index is 12.9. The predicted octanol–water partition coefficient (Wildman–Crippen LogP) is 3.13. The highest BCUT2D eigenvalue weighted by atomic mass is 79.9. The van der Waals surface area contributed by atoms with E-state index < -0.39 is 17.8 Å².